The second kappa shape index (κ2) is 5.10. The SMILES string of the molecule is CCNCCc1nnc(C)n1C(C)C. The van der Waals surface area contributed by atoms with E-state index in [1.807, 2.05) is 6.92 Å². The van der Waals surface area contributed by atoms with Crippen molar-refractivity contribution in [1.82, 2.24) is 20.1 Å². The summed E-state index contributed by atoms with van der Waals surface area (Å²) in [5, 5.41) is 11.6. The highest BCUT2D eigenvalue weighted by Gasteiger charge is 2.10. The largest absolute Gasteiger partial charge is 0.317 e. The lowest BCUT2D eigenvalue weighted by Crippen LogP contribution is -2.19. The third-order valence-electron chi connectivity index (χ3n) is 2.23. The molecule has 0 saturated carbocycles. The van der Waals surface area contributed by atoms with E-state index in [4.69, 9.17) is 0 Å². The van der Waals surface area contributed by atoms with E-state index >= 15 is 0 Å². The Morgan fingerprint density at radius 2 is 2.07 bits per heavy atom. The van der Waals surface area contributed by atoms with Crippen LogP contribution in [0.1, 0.15) is 38.5 Å². The van der Waals surface area contributed by atoms with Crippen molar-refractivity contribution in [3.05, 3.63) is 11.6 Å². The molecule has 1 aromatic rings. The monoisotopic (exact) mass is 196 g/mol. The van der Waals surface area contributed by atoms with E-state index in [0.717, 1.165) is 31.2 Å². The molecule has 1 rings (SSSR count). The van der Waals surface area contributed by atoms with Crippen molar-refractivity contribution in [2.45, 2.75) is 40.2 Å². The maximum absolute atomic E-state index is 4.18. The summed E-state index contributed by atoms with van der Waals surface area (Å²) in [6, 6.07) is 0.446. The van der Waals surface area contributed by atoms with Gasteiger partial charge in [0.15, 0.2) is 0 Å². The van der Waals surface area contributed by atoms with Crippen molar-refractivity contribution >= 4 is 0 Å². The van der Waals surface area contributed by atoms with E-state index in [0.29, 0.717) is 6.04 Å². The summed E-state index contributed by atoms with van der Waals surface area (Å²) in [4.78, 5) is 0. The molecule has 4 nitrogen and oxygen atoms in total. The molecule has 0 aliphatic carbocycles. The Morgan fingerprint density at radius 3 is 2.64 bits per heavy atom. The molecule has 1 heterocycles. The minimum atomic E-state index is 0.446. The number of hydrogen-bond donors (Lipinski definition) is 1. The molecule has 4 heteroatoms. The minimum absolute atomic E-state index is 0.446. The maximum Gasteiger partial charge on any atom is 0.134 e. The molecule has 0 spiro atoms. The van der Waals surface area contributed by atoms with E-state index < -0.39 is 0 Å². The zero-order valence-electron chi connectivity index (χ0n) is 9.54. The highest BCUT2D eigenvalue weighted by molar-refractivity contribution is 4.96. The molecule has 80 valence electrons. The van der Waals surface area contributed by atoms with Gasteiger partial charge in [-0.25, -0.2) is 0 Å². The van der Waals surface area contributed by atoms with E-state index in [-0.39, 0.29) is 0 Å². The number of nitrogens with zero attached hydrogens (tertiary/aromatic N) is 3. The molecule has 0 atom stereocenters. The molecule has 0 aromatic carbocycles. The summed E-state index contributed by atoms with van der Waals surface area (Å²) in [6.45, 7) is 10.4. The molecule has 0 fully saturated rings. The molecule has 0 unspecified atom stereocenters. The van der Waals surface area contributed by atoms with Gasteiger partial charge >= 0.3 is 0 Å². The van der Waals surface area contributed by atoms with Gasteiger partial charge < -0.3 is 9.88 Å². The van der Waals surface area contributed by atoms with Crippen LogP contribution in [-0.4, -0.2) is 27.9 Å². The van der Waals surface area contributed by atoms with Crippen LogP contribution in [0.3, 0.4) is 0 Å². The molecule has 1 N–H and O–H groups in total. The van der Waals surface area contributed by atoms with Crippen LogP contribution < -0.4 is 5.32 Å². The summed E-state index contributed by atoms with van der Waals surface area (Å²) in [5.41, 5.74) is 0. The zero-order valence-corrected chi connectivity index (χ0v) is 9.54. The summed E-state index contributed by atoms with van der Waals surface area (Å²) in [6.07, 6.45) is 0.951. The molecule has 14 heavy (non-hydrogen) atoms. The summed E-state index contributed by atoms with van der Waals surface area (Å²) >= 11 is 0. The lowest BCUT2D eigenvalue weighted by Gasteiger charge is -2.12. The van der Waals surface area contributed by atoms with Gasteiger partial charge in [-0.1, -0.05) is 6.92 Å². The van der Waals surface area contributed by atoms with Gasteiger partial charge in [0.2, 0.25) is 0 Å². The molecule has 0 aliphatic heterocycles. The molecule has 0 aliphatic rings. The quantitative estimate of drug-likeness (QED) is 0.722. The molecule has 0 radical (unpaired) electrons. The average Bonchev–Trinajstić information content (AvgIpc) is 2.47. The van der Waals surface area contributed by atoms with Crippen molar-refractivity contribution < 1.29 is 0 Å². The second-order valence-corrected chi connectivity index (χ2v) is 3.73. The first-order valence-electron chi connectivity index (χ1n) is 5.28. The fraction of sp³-hybridized carbons (Fsp3) is 0.800. The molecule has 0 amide bonds. The van der Waals surface area contributed by atoms with E-state index in [1.54, 1.807) is 0 Å². The van der Waals surface area contributed by atoms with Crippen LogP contribution in [-0.2, 0) is 6.42 Å². The van der Waals surface area contributed by atoms with Gasteiger partial charge in [-0.15, -0.1) is 10.2 Å². The Hall–Kier alpha value is -0.900. The highest BCUT2D eigenvalue weighted by atomic mass is 15.3. The van der Waals surface area contributed by atoms with Crippen molar-refractivity contribution in [3.8, 4) is 0 Å². The summed E-state index contributed by atoms with van der Waals surface area (Å²) in [5.74, 6) is 2.09. The van der Waals surface area contributed by atoms with Crippen LogP contribution in [0.5, 0.6) is 0 Å². The van der Waals surface area contributed by atoms with E-state index in [9.17, 15) is 0 Å². The minimum Gasteiger partial charge on any atom is -0.317 e. The predicted octanol–water partition coefficient (Wildman–Crippen LogP) is 1.32. The molecular weight excluding hydrogens is 176 g/mol. The first-order valence-corrected chi connectivity index (χ1v) is 5.28. The number of likely N-dealkylation sites (N-methyl/N-ethyl adjacent to an activating group) is 1. The lowest BCUT2D eigenvalue weighted by atomic mass is 10.3. The van der Waals surface area contributed by atoms with Crippen LogP contribution in [0.15, 0.2) is 0 Å². The Labute approximate surface area is 85.7 Å². The third kappa shape index (κ3) is 2.54. The predicted molar refractivity (Wildman–Crippen MR) is 57.4 cm³/mol. The van der Waals surface area contributed by atoms with Gasteiger partial charge in [0.1, 0.15) is 11.6 Å². The third-order valence-corrected chi connectivity index (χ3v) is 2.23. The van der Waals surface area contributed by atoms with E-state index in [1.165, 1.54) is 0 Å². The van der Waals surface area contributed by atoms with Crippen LogP contribution in [0.4, 0.5) is 0 Å². The van der Waals surface area contributed by atoms with Crippen molar-refractivity contribution in [3.63, 3.8) is 0 Å². The van der Waals surface area contributed by atoms with Crippen LogP contribution in [0.25, 0.3) is 0 Å². The fourth-order valence-electron chi connectivity index (χ4n) is 1.63. The van der Waals surface area contributed by atoms with Gasteiger partial charge in [-0.3, -0.25) is 0 Å². The first kappa shape index (κ1) is 11.2. The number of aromatic nitrogens is 3. The number of aryl methyl sites for hydroxylation is 1. The fourth-order valence-corrected chi connectivity index (χ4v) is 1.63. The zero-order chi connectivity index (χ0) is 10.6. The van der Waals surface area contributed by atoms with Gasteiger partial charge in [0.05, 0.1) is 0 Å². The second-order valence-electron chi connectivity index (χ2n) is 3.73. The summed E-state index contributed by atoms with van der Waals surface area (Å²) in [7, 11) is 0. The Morgan fingerprint density at radius 1 is 1.36 bits per heavy atom. The lowest BCUT2D eigenvalue weighted by molar-refractivity contribution is 0.545. The van der Waals surface area contributed by atoms with Crippen molar-refractivity contribution in [1.29, 1.82) is 0 Å². The van der Waals surface area contributed by atoms with Crippen LogP contribution >= 0.6 is 0 Å². The summed E-state index contributed by atoms with van der Waals surface area (Å²) < 4.78 is 2.19. The topological polar surface area (TPSA) is 42.7 Å². The van der Waals surface area contributed by atoms with Gasteiger partial charge in [0.25, 0.3) is 0 Å². The van der Waals surface area contributed by atoms with Crippen LogP contribution in [0, 0.1) is 6.92 Å². The normalized spacial score (nSPS) is 11.2. The maximum atomic E-state index is 4.18. The Kier molecular flexibility index (Phi) is 4.07. The number of rotatable bonds is 5. The van der Waals surface area contributed by atoms with Crippen molar-refractivity contribution in [2.24, 2.45) is 0 Å². The average molecular weight is 196 g/mol. The smallest absolute Gasteiger partial charge is 0.134 e. The van der Waals surface area contributed by atoms with Crippen LogP contribution in [0.2, 0.25) is 0 Å². The number of hydrogen-bond acceptors (Lipinski definition) is 3. The molecule has 1 aromatic heterocycles. The molecule has 0 bridgehead atoms. The van der Waals surface area contributed by atoms with Gasteiger partial charge in [-0.05, 0) is 27.3 Å². The highest BCUT2D eigenvalue weighted by Crippen LogP contribution is 2.10. The Bertz CT molecular complexity index is 278. The first-order chi connectivity index (χ1) is 6.66. The van der Waals surface area contributed by atoms with Crippen molar-refractivity contribution in [2.75, 3.05) is 13.1 Å². The molecule has 0 saturated heterocycles. The number of nitrogens with one attached hydrogen (secondary N) is 1. The standard InChI is InChI=1S/C10H20N4/c1-5-11-7-6-10-13-12-9(4)14(10)8(2)3/h8,11H,5-7H2,1-4H3. The van der Waals surface area contributed by atoms with Gasteiger partial charge in [-0.2, -0.15) is 0 Å². The molecular formula is C10H20N4. The van der Waals surface area contributed by atoms with E-state index in [2.05, 4.69) is 40.9 Å². The van der Waals surface area contributed by atoms with Gasteiger partial charge in [0, 0.05) is 19.0 Å². The Balaban J connectivity index is 2.66.